The third kappa shape index (κ3) is 4.33. The van der Waals surface area contributed by atoms with Crippen LogP contribution in [0.15, 0.2) is 164 Å². The molecule has 0 aliphatic rings. The van der Waals surface area contributed by atoms with E-state index in [1.165, 1.54) is 43.4 Å². The molecule has 0 N–H and O–H groups in total. The van der Waals surface area contributed by atoms with E-state index in [-0.39, 0.29) is 0 Å². The molecule has 3 heteroatoms. The Kier molecular flexibility index (Phi) is 6.14. The van der Waals surface area contributed by atoms with E-state index in [1.807, 2.05) is 60.7 Å². The van der Waals surface area contributed by atoms with Crippen molar-refractivity contribution < 1.29 is 0 Å². The molecule has 8 aromatic carbocycles. The molecule has 3 nitrogen and oxygen atoms in total. The monoisotopic (exact) mass is 585 g/mol. The number of benzene rings is 8. The normalized spacial score (nSPS) is 11.5. The smallest absolute Gasteiger partial charge is 0.164 e. The van der Waals surface area contributed by atoms with Gasteiger partial charge < -0.3 is 0 Å². The summed E-state index contributed by atoms with van der Waals surface area (Å²) in [5, 5.41) is 9.91. The molecule has 0 aliphatic heterocycles. The van der Waals surface area contributed by atoms with Crippen molar-refractivity contribution in [2.75, 3.05) is 0 Å². The van der Waals surface area contributed by atoms with Gasteiger partial charge in [0.1, 0.15) is 0 Å². The Labute approximate surface area is 266 Å². The van der Waals surface area contributed by atoms with E-state index in [9.17, 15) is 0 Å². The van der Waals surface area contributed by atoms with Crippen LogP contribution in [-0.4, -0.2) is 15.0 Å². The average Bonchev–Trinajstić information content (AvgIpc) is 3.15. The molecule has 9 rings (SSSR count). The van der Waals surface area contributed by atoms with Crippen LogP contribution in [0.25, 0.3) is 88.4 Å². The van der Waals surface area contributed by atoms with Crippen molar-refractivity contribution in [3.05, 3.63) is 164 Å². The number of fused-ring (bicyclic) bond motifs is 7. The molecule has 214 valence electrons. The van der Waals surface area contributed by atoms with E-state index in [0.717, 1.165) is 27.5 Å². The Hall–Kier alpha value is -6.19. The lowest BCUT2D eigenvalue weighted by molar-refractivity contribution is 1.08. The predicted octanol–water partition coefficient (Wildman–Crippen LogP) is 11.2. The largest absolute Gasteiger partial charge is 0.208 e. The van der Waals surface area contributed by atoms with Gasteiger partial charge in [-0.1, -0.05) is 152 Å². The lowest BCUT2D eigenvalue weighted by Gasteiger charge is -2.15. The van der Waals surface area contributed by atoms with Crippen molar-refractivity contribution in [1.82, 2.24) is 15.0 Å². The molecule has 0 atom stereocenters. The summed E-state index contributed by atoms with van der Waals surface area (Å²) in [6.07, 6.45) is 0. The van der Waals surface area contributed by atoms with Gasteiger partial charge in [-0.2, -0.15) is 0 Å². The minimum Gasteiger partial charge on any atom is -0.208 e. The molecule has 0 radical (unpaired) electrons. The molecule has 46 heavy (non-hydrogen) atoms. The minimum absolute atomic E-state index is 0.659. The second kappa shape index (κ2) is 10.8. The number of hydrogen-bond acceptors (Lipinski definition) is 3. The summed E-state index contributed by atoms with van der Waals surface area (Å²) in [6, 6.07) is 57.6. The highest BCUT2D eigenvalue weighted by molar-refractivity contribution is 6.26. The Bertz CT molecular complexity index is 2480. The lowest BCUT2D eigenvalue weighted by Crippen LogP contribution is -2.00. The molecular weight excluding hydrogens is 558 g/mol. The standard InChI is InChI=1S/C43H27N3/c1-3-13-28(14-4-1)41-44-42(29-15-5-2-6-16-29)46-43(45-41)39-26-25-31(32-17-7-11-21-36(32)39)30-23-24-38-35-20-9-8-18-33(35)34-19-10-12-22-37(34)40(38)27-30/h1-27H. The first-order valence-corrected chi connectivity index (χ1v) is 15.5. The maximum absolute atomic E-state index is 5.03. The first kappa shape index (κ1) is 26.2. The average molecular weight is 586 g/mol. The zero-order valence-corrected chi connectivity index (χ0v) is 24.9. The molecule has 0 spiro atoms. The van der Waals surface area contributed by atoms with Gasteiger partial charge in [0.2, 0.25) is 0 Å². The number of aromatic nitrogens is 3. The van der Waals surface area contributed by atoms with Crippen LogP contribution in [-0.2, 0) is 0 Å². The van der Waals surface area contributed by atoms with E-state index in [2.05, 4.69) is 103 Å². The van der Waals surface area contributed by atoms with E-state index in [4.69, 9.17) is 15.0 Å². The molecule has 0 unspecified atom stereocenters. The molecule has 0 fully saturated rings. The van der Waals surface area contributed by atoms with Crippen molar-refractivity contribution >= 4 is 43.1 Å². The van der Waals surface area contributed by atoms with Gasteiger partial charge in [-0.3, -0.25) is 0 Å². The van der Waals surface area contributed by atoms with Crippen LogP contribution < -0.4 is 0 Å². The highest BCUT2D eigenvalue weighted by Gasteiger charge is 2.17. The summed E-state index contributed by atoms with van der Waals surface area (Å²) in [5.74, 6) is 1.98. The third-order valence-corrected chi connectivity index (χ3v) is 8.92. The molecule has 0 saturated carbocycles. The first-order valence-electron chi connectivity index (χ1n) is 15.5. The Morgan fingerprint density at radius 2 is 0.630 bits per heavy atom. The molecule has 0 saturated heterocycles. The van der Waals surface area contributed by atoms with E-state index < -0.39 is 0 Å². The quantitative estimate of drug-likeness (QED) is 0.193. The molecule has 0 aliphatic carbocycles. The van der Waals surface area contributed by atoms with Crippen LogP contribution in [0, 0.1) is 0 Å². The Balaban J connectivity index is 1.26. The Morgan fingerprint density at radius 3 is 1.17 bits per heavy atom. The van der Waals surface area contributed by atoms with E-state index in [1.54, 1.807) is 0 Å². The summed E-state index contributed by atoms with van der Waals surface area (Å²) < 4.78 is 0. The second-order valence-corrected chi connectivity index (χ2v) is 11.6. The van der Waals surface area contributed by atoms with Crippen molar-refractivity contribution in [1.29, 1.82) is 0 Å². The predicted molar refractivity (Wildman–Crippen MR) is 192 cm³/mol. The van der Waals surface area contributed by atoms with Gasteiger partial charge in [0, 0.05) is 16.7 Å². The fraction of sp³-hybridized carbons (Fsp3) is 0. The van der Waals surface area contributed by atoms with Crippen molar-refractivity contribution in [3.8, 4) is 45.3 Å². The molecule has 1 aromatic heterocycles. The lowest BCUT2D eigenvalue weighted by atomic mass is 9.90. The van der Waals surface area contributed by atoms with E-state index >= 15 is 0 Å². The molecule has 0 amide bonds. The zero-order valence-electron chi connectivity index (χ0n) is 24.9. The number of nitrogens with zero attached hydrogens (tertiary/aromatic N) is 3. The fourth-order valence-corrected chi connectivity index (χ4v) is 6.75. The summed E-state index contributed by atoms with van der Waals surface area (Å²) in [7, 11) is 0. The van der Waals surface area contributed by atoms with E-state index in [0.29, 0.717) is 17.5 Å². The minimum atomic E-state index is 0.659. The SMILES string of the molecule is c1ccc(-c2nc(-c3ccccc3)nc(-c3ccc(-c4ccc5c6ccccc6c6ccccc6c5c4)c4ccccc34)n2)cc1. The fourth-order valence-electron chi connectivity index (χ4n) is 6.75. The Morgan fingerprint density at radius 1 is 0.239 bits per heavy atom. The van der Waals surface area contributed by atoms with Crippen LogP contribution in [0.3, 0.4) is 0 Å². The summed E-state index contributed by atoms with van der Waals surface area (Å²) in [4.78, 5) is 15.0. The highest BCUT2D eigenvalue weighted by atomic mass is 15.0. The van der Waals surface area contributed by atoms with Gasteiger partial charge >= 0.3 is 0 Å². The number of hydrogen-bond donors (Lipinski definition) is 0. The maximum atomic E-state index is 5.03. The second-order valence-electron chi connectivity index (χ2n) is 11.6. The summed E-state index contributed by atoms with van der Waals surface area (Å²) in [5.41, 5.74) is 5.26. The topological polar surface area (TPSA) is 38.7 Å². The van der Waals surface area contributed by atoms with Crippen LogP contribution in [0.5, 0.6) is 0 Å². The van der Waals surface area contributed by atoms with Gasteiger partial charge in [0.25, 0.3) is 0 Å². The zero-order chi connectivity index (χ0) is 30.5. The van der Waals surface area contributed by atoms with Crippen LogP contribution in [0.2, 0.25) is 0 Å². The molecule has 0 bridgehead atoms. The number of rotatable bonds is 4. The summed E-state index contributed by atoms with van der Waals surface area (Å²) >= 11 is 0. The first-order chi connectivity index (χ1) is 22.8. The highest BCUT2D eigenvalue weighted by Crippen LogP contribution is 2.40. The molecule has 1 heterocycles. The molecular formula is C43H27N3. The van der Waals surface area contributed by atoms with Crippen molar-refractivity contribution in [2.24, 2.45) is 0 Å². The van der Waals surface area contributed by atoms with Gasteiger partial charge in [-0.25, -0.2) is 15.0 Å². The molecule has 9 aromatic rings. The van der Waals surface area contributed by atoms with Crippen LogP contribution >= 0.6 is 0 Å². The van der Waals surface area contributed by atoms with Crippen LogP contribution in [0.4, 0.5) is 0 Å². The summed E-state index contributed by atoms with van der Waals surface area (Å²) in [6.45, 7) is 0. The van der Waals surface area contributed by atoms with Crippen molar-refractivity contribution in [2.45, 2.75) is 0 Å². The van der Waals surface area contributed by atoms with Gasteiger partial charge in [0.05, 0.1) is 0 Å². The van der Waals surface area contributed by atoms with Gasteiger partial charge in [-0.15, -0.1) is 0 Å². The van der Waals surface area contributed by atoms with Crippen LogP contribution in [0.1, 0.15) is 0 Å². The van der Waals surface area contributed by atoms with Gasteiger partial charge in [-0.05, 0) is 66.3 Å². The van der Waals surface area contributed by atoms with Crippen molar-refractivity contribution in [3.63, 3.8) is 0 Å². The maximum Gasteiger partial charge on any atom is 0.164 e. The van der Waals surface area contributed by atoms with Gasteiger partial charge in [0.15, 0.2) is 17.5 Å². The third-order valence-electron chi connectivity index (χ3n) is 8.92.